The maximum Gasteiger partial charge on any atom is 0.0620 e. The van der Waals surface area contributed by atoms with E-state index >= 15 is 0 Å². The van der Waals surface area contributed by atoms with Crippen molar-refractivity contribution in [2.24, 2.45) is 5.92 Å². The van der Waals surface area contributed by atoms with Crippen LogP contribution in [-0.4, -0.2) is 37.5 Å². The van der Waals surface area contributed by atoms with Gasteiger partial charge in [-0.25, -0.2) is 0 Å². The number of likely N-dealkylation sites (N-methyl/N-ethyl adjacent to an activating group) is 1. The molecule has 3 nitrogen and oxygen atoms in total. The third kappa shape index (κ3) is 9.57. The number of ether oxygens (including phenoxy) is 1. The van der Waals surface area contributed by atoms with Gasteiger partial charge in [0.25, 0.3) is 0 Å². The molecule has 3 heteroatoms. The number of nitrogens with one attached hydrogen (secondary N) is 1. The van der Waals surface area contributed by atoms with Gasteiger partial charge in [-0.1, -0.05) is 40.0 Å². The Bertz CT molecular complexity index is 147. The molecule has 0 saturated heterocycles. The zero-order valence-corrected chi connectivity index (χ0v) is 11.9. The summed E-state index contributed by atoms with van der Waals surface area (Å²) in [6.07, 6.45) is 5.82. The summed E-state index contributed by atoms with van der Waals surface area (Å²) in [6.45, 7) is 9.30. The summed E-state index contributed by atoms with van der Waals surface area (Å²) in [5.41, 5.74) is 0. The molecule has 0 radical (unpaired) electrons. The molecule has 0 bridgehead atoms. The highest BCUT2D eigenvalue weighted by Crippen LogP contribution is 2.13. The van der Waals surface area contributed by atoms with Crippen LogP contribution in [0.25, 0.3) is 0 Å². The second-order valence-electron chi connectivity index (χ2n) is 4.72. The summed E-state index contributed by atoms with van der Waals surface area (Å²) in [5.74, 6) is 0.700. The van der Waals surface area contributed by atoms with Crippen LogP contribution in [0.15, 0.2) is 0 Å². The van der Waals surface area contributed by atoms with Gasteiger partial charge in [-0.2, -0.15) is 0 Å². The van der Waals surface area contributed by atoms with Crippen molar-refractivity contribution in [3.8, 4) is 0 Å². The van der Waals surface area contributed by atoms with E-state index in [1.54, 1.807) is 0 Å². The minimum absolute atomic E-state index is 0.230. The number of rotatable bonds is 12. The monoisotopic (exact) mass is 245 g/mol. The fraction of sp³-hybridized carbons (Fsp3) is 1.00. The van der Waals surface area contributed by atoms with Crippen LogP contribution in [0, 0.1) is 5.92 Å². The zero-order valence-electron chi connectivity index (χ0n) is 11.9. The van der Waals surface area contributed by atoms with Crippen molar-refractivity contribution in [1.29, 1.82) is 0 Å². The highest BCUT2D eigenvalue weighted by Gasteiger charge is 2.09. The normalized spacial score (nSPS) is 14.8. The van der Waals surface area contributed by atoms with E-state index < -0.39 is 0 Å². The van der Waals surface area contributed by atoms with Crippen LogP contribution in [0.1, 0.15) is 52.9 Å². The van der Waals surface area contributed by atoms with Crippen LogP contribution in [0.4, 0.5) is 0 Å². The third-order valence-corrected chi connectivity index (χ3v) is 3.19. The lowest BCUT2D eigenvalue weighted by Gasteiger charge is -2.19. The molecule has 2 atom stereocenters. The second-order valence-corrected chi connectivity index (χ2v) is 4.72. The van der Waals surface area contributed by atoms with Gasteiger partial charge in [0.15, 0.2) is 0 Å². The standard InChI is InChI=1S/C14H31NO2/c1-4-7-8-13(5-2)11-17-12-14(9-10-16)15-6-3/h13-16H,4-12H2,1-3H3. The van der Waals surface area contributed by atoms with Crippen LogP contribution in [0.3, 0.4) is 0 Å². The highest BCUT2D eigenvalue weighted by molar-refractivity contribution is 4.65. The number of hydrogen-bond donors (Lipinski definition) is 2. The average molecular weight is 245 g/mol. The summed E-state index contributed by atoms with van der Waals surface area (Å²) in [4.78, 5) is 0. The van der Waals surface area contributed by atoms with Crippen LogP contribution < -0.4 is 5.32 Å². The van der Waals surface area contributed by atoms with Gasteiger partial charge >= 0.3 is 0 Å². The predicted octanol–water partition coefficient (Wildman–Crippen LogP) is 2.58. The number of aliphatic hydroxyl groups excluding tert-OH is 1. The van der Waals surface area contributed by atoms with E-state index in [9.17, 15) is 0 Å². The first-order valence-corrected chi connectivity index (χ1v) is 7.20. The summed E-state index contributed by atoms with van der Waals surface area (Å²) < 4.78 is 5.78. The van der Waals surface area contributed by atoms with E-state index in [1.165, 1.54) is 25.7 Å². The number of aliphatic hydroxyl groups is 1. The number of unbranched alkanes of at least 4 members (excludes halogenated alkanes) is 1. The molecular weight excluding hydrogens is 214 g/mol. The summed E-state index contributed by atoms with van der Waals surface area (Å²) in [5, 5.41) is 12.3. The Balaban J connectivity index is 3.67. The Labute approximate surface area is 107 Å². The lowest BCUT2D eigenvalue weighted by Crippen LogP contribution is -2.34. The van der Waals surface area contributed by atoms with E-state index in [1.807, 2.05) is 0 Å². The molecule has 2 N–H and O–H groups in total. The average Bonchev–Trinajstić information content (AvgIpc) is 2.34. The van der Waals surface area contributed by atoms with Crippen LogP contribution in [0.5, 0.6) is 0 Å². The van der Waals surface area contributed by atoms with Gasteiger partial charge in [0.05, 0.1) is 6.61 Å². The summed E-state index contributed by atoms with van der Waals surface area (Å²) >= 11 is 0. The first-order valence-electron chi connectivity index (χ1n) is 7.20. The predicted molar refractivity (Wildman–Crippen MR) is 73.3 cm³/mol. The Morgan fingerprint density at radius 1 is 1.12 bits per heavy atom. The van der Waals surface area contributed by atoms with Crippen molar-refractivity contribution >= 4 is 0 Å². The summed E-state index contributed by atoms with van der Waals surface area (Å²) in [6, 6.07) is 0.300. The fourth-order valence-corrected chi connectivity index (χ4v) is 1.96. The number of hydrogen-bond acceptors (Lipinski definition) is 3. The smallest absolute Gasteiger partial charge is 0.0620 e. The lowest BCUT2D eigenvalue weighted by molar-refractivity contribution is 0.0709. The van der Waals surface area contributed by atoms with E-state index in [0.29, 0.717) is 12.0 Å². The van der Waals surface area contributed by atoms with Crippen molar-refractivity contribution < 1.29 is 9.84 Å². The topological polar surface area (TPSA) is 41.5 Å². The highest BCUT2D eigenvalue weighted by atomic mass is 16.5. The molecule has 2 unspecified atom stereocenters. The lowest BCUT2D eigenvalue weighted by atomic mass is 10.0. The van der Waals surface area contributed by atoms with E-state index in [0.717, 1.165) is 26.2 Å². The molecule has 0 amide bonds. The minimum Gasteiger partial charge on any atom is -0.396 e. The molecule has 0 aliphatic heterocycles. The van der Waals surface area contributed by atoms with Gasteiger partial charge in [-0.3, -0.25) is 0 Å². The maximum atomic E-state index is 8.94. The molecule has 0 heterocycles. The molecule has 0 rings (SSSR count). The quantitative estimate of drug-likeness (QED) is 0.555. The van der Waals surface area contributed by atoms with Crippen molar-refractivity contribution in [2.75, 3.05) is 26.4 Å². The van der Waals surface area contributed by atoms with Gasteiger partial charge in [0, 0.05) is 19.3 Å². The van der Waals surface area contributed by atoms with Gasteiger partial charge < -0.3 is 15.2 Å². The molecule has 0 aromatic carbocycles. The Morgan fingerprint density at radius 2 is 1.88 bits per heavy atom. The molecule has 0 aliphatic carbocycles. The van der Waals surface area contributed by atoms with Crippen molar-refractivity contribution in [3.05, 3.63) is 0 Å². The second kappa shape index (κ2) is 12.3. The molecule has 0 aliphatic rings. The molecule has 0 spiro atoms. The maximum absolute atomic E-state index is 8.94. The zero-order chi connectivity index (χ0) is 12.9. The van der Waals surface area contributed by atoms with Crippen LogP contribution in [-0.2, 0) is 4.74 Å². The molecule has 104 valence electrons. The molecular formula is C14H31NO2. The van der Waals surface area contributed by atoms with E-state index in [4.69, 9.17) is 9.84 Å². The minimum atomic E-state index is 0.230. The van der Waals surface area contributed by atoms with Crippen molar-refractivity contribution in [2.45, 2.75) is 58.9 Å². The van der Waals surface area contributed by atoms with Gasteiger partial charge in [0.1, 0.15) is 0 Å². The van der Waals surface area contributed by atoms with Crippen molar-refractivity contribution in [1.82, 2.24) is 5.32 Å². The summed E-state index contributed by atoms with van der Waals surface area (Å²) in [7, 11) is 0. The van der Waals surface area contributed by atoms with Gasteiger partial charge in [-0.05, 0) is 25.3 Å². The van der Waals surface area contributed by atoms with Crippen LogP contribution in [0.2, 0.25) is 0 Å². The Hall–Kier alpha value is -0.120. The Morgan fingerprint density at radius 3 is 2.41 bits per heavy atom. The van der Waals surface area contributed by atoms with Gasteiger partial charge in [-0.15, -0.1) is 0 Å². The van der Waals surface area contributed by atoms with E-state index in [-0.39, 0.29) is 6.61 Å². The molecule has 17 heavy (non-hydrogen) atoms. The molecule has 0 aromatic heterocycles. The fourth-order valence-electron chi connectivity index (χ4n) is 1.96. The van der Waals surface area contributed by atoms with Gasteiger partial charge in [0.2, 0.25) is 0 Å². The molecule has 0 fully saturated rings. The molecule has 0 aromatic rings. The Kier molecular flexibility index (Phi) is 12.3. The third-order valence-electron chi connectivity index (χ3n) is 3.19. The first kappa shape index (κ1) is 16.9. The van der Waals surface area contributed by atoms with E-state index in [2.05, 4.69) is 26.1 Å². The van der Waals surface area contributed by atoms with Crippen molar-refractivity contribution in [3.63, 3.8) is 0 Å². The van der Waals surface area contributed by atoms with Crippen LogP contribution >= 0.6 is 0 Å². The SMILES string of the molecule is CCCCC(CC)COCC(CCO)NCC. The molecule has 0 saturated carbocycles. The largest absolute Gasteiger partial charge is 0.396 e. The first-order chi connectivity index (χ1) is 8.28.